The molecule has 0 spiro atoms. The van der Waals surface area contributed by atoms with Crippen molar-refractivity contribution in [1.82, 2.24) is 0 Å². The maximum Gasteiger partial charge on any atom is 0.152 e. The quantitative estimate of drug-likeness (QED) is 0.665. The van der Waals surface area contributed by atoms with E-state index in [1.807, 2.05) is 45.0 Å². The standard InChI is InChI=1S/C9H11OP.C2H6/c1-7-3-5-9(6-4-7)11-8(2)10;1-2/h3-6,11H,1-2H3;1-2H3. The number of benzene rings is 1. The number of carbonyl (C=O) groups excluding carboxylic acids is 1. The minimum absolute atomic E-state index is 0.244. The Labute approximate surface area is 82.3 Å². The van der Waals surface area contributed by atoms with Crippen LogP contribution in [0, 0.1) is 6.92 Å². The Bertz CT molecular complexity index is 251. The van der Waals surface area contributed by atoms with Gasteiger partial charge in [0, 0.05) is 0 Å². The average molecular weight is 196 g/mol. The van der Waals surface area contributed by atoms with Crippen LogP contribution in [0.15, 0.2) is 24.3 Å². The largest absolute Gasteiger partial charge is 0.295 e. The van der Waals surface area contributed by atoms with Crippen molar-refractivity contribution in [2.45, 2.75) is 27.7 Å². The summed E-state index contributed by atoms with van der Waals surface area (Å²) in [7, 11) is 0.318. The highest BCUT2D eigenvalue weighted by atomic mass is 31.1. The van der Waals surface area contributed by atoms with Crippen LogP contribution in [-0.4, -0.2) is 5.52 Å². The Hall–Kier alpha value is -0.680. The van der Waals surface area contributed by atoms with E-state index < -0.39 is 0 Å². The summed E-state index contributed by atoms with van der Waals surface area (Å²) in [6.45, 7) is 7.67. The summed E-state index contributed by atoms with van der Waals surface area (Å²) in [5.41, 5.74) is 1.48. The van der Waals surface area contributed by atoms with E-state index in [0.717, 1.165) is 5.30 Å². The van der Waals surface area contributed by atoms with E-state index in [2.05, 4.69) is 0 Å². The van der Waals surface area contributed by atoms with Gasteiger partial charge in [-0.15, -0.1) is 0 Å². The van der Waals surface area contributed by atoms with Gasteiger partial charge in [-0.05, 0) is 27.7 Å². The summed E-state index contributed by atoms with van der Waals surface area (Å²) >= 11 is 0. The number of aryl methyl sites for hydroxylation is 1. The second-order valence-corrected chi connectivity index (χ2v) is 4.08. The van der Waals surface area contributed by atoms with Crippen molar-refractivity contribution < 1.29 is 4.79 Å². The van der Waals surface area contributed by atoms with Crippen molar-refractivity contribution in [3.63, 3.8) is 0 Å². The molecule has 1 unspecified atom stereocenters. The van der Waals surface area contributed by atoms with E-state index in [9.17, 15) is 4.79 Å². The predicted molar refractivity (Wildman–Crippen MR) is 61.2 cm³/mol. The second-order valence-electron chi connectivity index (χ2n) is 2.55. The molecule has 2 heteroatoms. The number of rotatable bonds is 2. The van der Waals surface area contributed by atoms with Gasteiger partial charge < -0.3 is 0 Å². The zero-order valence-corrected chi connectivity index (χ0v) is 9.72. The highest BCUT2D eigenvalue weighted by Gasteiger charge is 1.94. The first-order valence-electron chi connectivity index (χ1n) is 4.53. The average Bonchev–Trinajstić information content (AvgIpc) is 2.12. The Morgan fingerprint density at radius 3 is 2.00 bits per heavy atom. The van der Waals surface area contributed by atoms with Gasteiger partial charge in [0.15, 0.2) is 5.52 Å². The lowest BCUT2D eigenvalue weighted by Crippen LogP contribution is -1.96. The zero-order chi connectivity index (χ0) is 10.3. The Balaban J connectivity index is 0.000000671. The van der Waals surface area contributed by atoms with Crippen LogP contribution in [0.1, 0.15) is 26.3 Å². The van der Waals surface area contributed by atoms with E-state index in [4.69, 9.17) is 0 Å². The van der Waals surface area contributed by atoms with Crippen molar-refractivity contribution >= 4 is 19.4 Å². The number of carbonyl (C=O) groups is 1. The monoisotopic (exact) mass is 196 g/mol. The lowest BCUT2D eigenvalue weighted by atomic mass is 10.2. The first-order chi connectivity index (χ1) is 6.18. The van der Waals surface area contributed by atoms with E-state index >= 15 is 0 Å². The fourth-order valence-corrected chi connectivity index (χ4v) is 1.58. The molecule has 1 aromatic rings. The lowest BCUT2D eigenvalue weighted by Gasteiger charge is -1.96. The van der Waals surface area contributed by atoms with Crippen LogP contribution in [0.25, 0.3) is 0 Å². The molecule has 0 aromatic heterocycles. The molecule has 0 N–H and O–H groups in total. The first kappa shape index (κ1) is 12.3. The van der Waals surface area contributed by atoms with Gasteiger partial charge in [-0.2, -0.15) is 0 Å². The minimum atomic E-state index is 0.244. The molecule has 0 saturated heterocycles. The first-order valence-corrected chi connectivity index (χ1v) is 5.53. The van der Waals surface area contributed by atoms with Gasteiger partial charge in [-0.1, -0.05) is 43.7 Å². The van der Waals surface area contributed by atoms with Gasteiger partial charge in [-0.3, -0.25) is 4.79 Å². The highest BCUT2D eigenvalue weighted by Crippen LogP contribution is 2.10. The molecule has 0 radical (unpaired) electrons. The number of hydrogen-bond acceptors (Lipinski definition) is 1. The normalized spacial score (nSPS) is 9.54. The van der Waals surface area contributed by atoms with Gasteiger partial charge in [-0.25, -0.2) is 0 Å². The third-order valence-corrected chi connectivity index (χ3v) is 2.35. The fourth-order valence-electron chi connectivity index (χ4n) is 0.840. The van der Waals surface area contributed by atoms with Crippen LogP contribution in [0.3, 0.4) is 0 Å². The third kappa shape index (κ3) is 5.54. The molecule has 0 bridgehead atoms. The van der Waals surface area contributed by atoms with Gasteiger partial charge in [0.1, 0.15) is 0 Å². The third-order valence-electron chi connectivity index (χ3n) is 1.37. The van der Waals surface area contributed by atoms with Crippen molar-refractivity contribution in [2.75, 3.05) is 0 Å². The Kier molecular flexibility index (Phi) is 6.44. The maximum absolute atomic E-state index is 10.7. The molecule has 0 heterocycles. The van der Waals surface area contributed by atoms with E-state index in [-0.39, 0.29) is 5.52 Å². The van der Waals surface area contributed by atoms with Crippen LogP contribution in [0.4, 0.5) is 0 Å². The van der Waals surface area contributed by atoms with Gasteiger partial charge in [0.2, 0.25) is 0 Å². The fraction of sp³-hybridized carbons (Fsp3) is 0.364. The zero-order valence-electron chi connectivity index (χ0n) is 8.72. The van der Waals surface area contributed by atoms with Crippen LogP contribution < -0.4 is 5.30 Å². The van der Waals surface area contributed by atoms with Crippen molar-refractivity contribution in [3.05, 3.63) is 29.8 Å². The predicted octanol–water partition coefficient (Wildman–Crippen LogP) is 2.87. The molecule has 0 aliphatic carbocycles. The van der Waals surface area contributed by atoms with Crippen molar-refractivity contribution in [1.29, 1.82) is 0 Å². The minimum Gasteiger partial charge on any atom is -0.295 e. The van der Waals surface area contributed by atoms with Crippen molar-refractivity contribution in [2.24, 2.45) is 0 Å². The molecule has 1 aromatic carbocycles. The van der Waals surface area contributed by atoms with Crippen LogP contribution in [0.5, 0.6) is 0 Å². The molecule has 0 aliphatic heterocycles. The van der Waals surface area contributed by atoms with Crippen LogP contribution in [-0.2, 0) is 4.79 Å². The summed E-state index contributed by atoms with van der Waals surface area (Å²) in [6.07, 6.45) is 0. The molecule has 72 valence electrons. The molecular formula is C11H17OP. The summed E-state index contributed by atoms with van der Waals surface area (Å²) in [5, 5.41) is 1.13. The number of hydrogen-bond donors (Lipinski definition) is 0. The van der Waals surface area contributed by atoms with E-state index in [1.165, 1.54) is 5.56 Å². The SMILES string of the molecule is CC.CC(=O)Pc1ccc(C)cc1. The second kappa shape index (κ2) is 6.80. The van der Waals surface area contributed by atoms with Gasteiger partial charge in [0.05, 0.1) is 0 Å². The van der Waals surface area contributed by atoms with Crippen molar-refractivity contribution in [3.8, 4) is 0 Å². The summed E-state index contributed by atoms with van der Waals surface area (Å²) in [6, 6.07) is 8.08. The molecule has 1 atom stereocenters. The highest BCUT2D eigenvalue weighted by molar-refractivity contribution is 7.65. The Morgan fingerprint density at radius 1 is 1.15 bits per heavy atom. The van der Waals surface area contributed by atoms with E-state index in [0.29, 0.717) is 8.58 Å². The molecule has 0 fully saturated rings. The summed E-state index contributed by atoms with van der Waals surface area (Å²) in [4.78, 5) is 10.7. The summed E-state index contributed by atoms with van der Waals surface area (Å²) in [5.74, 6) is 0. The molecule has 0 aliphatic rings. The van der Waals surface area contributed by atoms with Crippen LogP contribution in [0.2, 0.25) is 0 Å². The molecule has 0 saturated carbocycles. The molecule has 1 rings (SSSR count). The summed E-state index contributed by atoms with van der Waals surface area (Å²) < 4.78 is 0. The smallest absolute Gasteiger partial charge is 0.152 e. The van der Waals surface area contributed by atoms with Crippen LogP contribution >= 0.6 is 8.58 Å². The molecule has 13 heavy (non-hydrogen) atoms. The maximum atomic E-state index is 10.7. The molecule has 0 amide bonds. The molecule has 1 nitrogen and oxygen atoms in total. The topological polar surface area (TPSA) is 17.1 Å². The Morgan fingerprint density at radius 2 is 1.62 bits per heavy atom. The lowest BCUT2D eigenvalue weighted by molar-refractivity contribution is -0.109. The molecular weight excluding hydrogens is 179 g/mol. The van der Waals surface area contributed by atoms with E-state index in [1.54, 1.807) is 6.92 Å². The van der Waals surface area contributed by atoms with Gasteiger partial charge in [0.25, 0.3) is 0 Å². The van der Waals surface area contributed by atoms with Gasteiger partial charge >= 0.3 is 0 Å².